The second-order valence-electron chi connectivity index (χ2n) is 3.09. The van der Waals surface area contributed by atoms with Crippen molar-refractivity contribution in [1.82, 2.24) is 10.2 Å². The molecule has 2 aromatic rings. The molecule has 4 nitrogen and oxygen atoms in total. The van der Waals surface area contributed by atoms with Gasteiger partial charge >= 0.3 is 5.97 Å². The number of benzene rings is 1. The highest BCUT2D eigenvalue weighted by molar-refractivity contribution is 6.30. The number of aromatic amines is 1. The predicted octanol–water partition coefficient (Wildman–Crippen LogP) is 2.57. The molecule has 0 aliphatic rings. The quantitative estimate of drug-likeness (QED) is 0.848. The van der Waals surface area contributed by atoms with Crippen molar-refractivity contribution in [2.24, 2.45) is 0 Å². The first-order valence-corrected chi connectivity index (χ1v) is 4.69. The molecular formula is C10H6ClFN2O2. The van der Waals surface area contributed by atoms with Crippen LogP contribution in [0, 0.1) is 5.82 Å². The summed E-state index contributed by atoms with van der Waals surface area (Å²) in [5.74, 6) is -1.73. The lowest BCUT2D eigenvalue weighted by atomic mass is 10.1. The number of aromatic nitrogens is 2. The van der Waals surface area contributed by atoms with E-state index in [1.807, 2.05) is 0 Å². The summed E-state index contributed by atoms with van der Waals surface area (Å²) in [6.07, 6.45) is 1.17. The molecule has 0 aliphatic carbocycles. The van der Waals surface area contributed by atoms with Gasteiger partial charge in [0.1, 0.15) is 11.4 Å². The van der Waals surface area contributed by atoms with Crippen LogP contribution in [0.5, 0.6) is 0 Å². The first-order chi connectivity index (χ1) is 7.59. The summed E-state index contributed by atoms with van der Waals surface area (Å²) in [5, 5.41) is 15.0. The fourth-order valence-electron chi connectivity index (χ4n) is 1.32. The number of hydrogen-bond donors (Lipinski definition) is 2. The number of nitrogens with zero attached hydrogens (tertiary/aromatic N) is 1. The van der Waals surface area contributed by atoms with Gasteiger partial charge in [-0.25, -0.2) is 9.18 Å². The first kappa shape index (κ1) is 10.6. The van der Waals surface area contributed by atoms with Gasteiger partial charge in [0.2, 0.25) is 0 Å². The standard InChI is InChI=1S/C10H6ClFN2O2/c11-7-2-1-5(3-8(7)12)9-6(10(15)16)4-13-14-9/h1-4H,(H,13,14)(H,15,16). The van der Waals surface area contributed by atoms with Crippen molar-refractivity contribution in [2.45, 2.75) is 0 Å². The van der Waals surface area contributed by atoms with Crippen LogP contribution >= 0.6 is 11.6 Å². The largest absolute Gasteiger partial charge is 0.478 e. The summed E-state index contributed by atoms with van der Waals surface area (Å²) in [5.41, 5.74) is 0.626. The SMILES string of the molecule is O=C(O)c1cn[nH]c1-c1ccc(Cl)c(F)c1. The Balaban J connectivity index is 2.54. The number of hydrogen-bond acceptors (Lipinski definition) is 2. The zero-order valence-corrected chi connectivity index (χ0v) is 8.62. The topological polar surface area (TPSA) is 66.0 Å². The van der Waals surface area contributed by atoms with Gasteiger partial charge in [0, 0.05) is 5.56 Å². The highest BCUT2D eigenvalue weighted by atomic mass is 35.5. The van der Waals surface area contributed by atoms with E-state index in [2.05, 4.69) is 10.2 Å². The lowest BCUT2D eigenvalue weighted by molar-refractivity contribution is 0.0698. The molecule has 82 valence electrons. The summed E-state index contributed by atoms with van der Waals surface area (Å²) in [4.78, 5) is 10.8. The van der Waals surface area contributed by atoms with Crippen LogP contribution in [0.25, 0.3) is 11.3 Å². The van der Waals surface area contributed by atoms with Crippen LogP contribution in [0.4, 0.5) is 4.39 Å². The van der Waals surface area contributed by atoms with Crippen LogP contribution in [-0.4, -0.2) is 21.3 Å². The zero-order valence-electron chi connectivity index (χ0n) is 7.87. The third-order valence-corrected chi connectivity index (χ3v) is 2.38. The van der Waals surface area contributed by atoms with Crippen molar-refractivity contribution >= 4 is 17.6 Å². The number of nitrogens with one attached hydrogen (secondary N) is 1. The van der Waals surface area contributed by atoms with Gasteiger partial charge in [0.05, 0.1) is 16.9 Å². The average molecular weight is 241 g/mol. The number of aromatic carboxylic acids is 1. The second kappa shape index (κ2) is 3.94. The molecular weight excluding hydrogens is 235 g/mol. The Morgan fingerprint density at radius 3 is 2.88 bits per heavy atom. The molecule has 16 heavy (non-hydrogen) atoms. The minimum absolute atomic E-state index is 0.0123. The summed E-state index contributed by atoms with van der Waals surface area (Å²) in [7, 11) is 0. The van der Waals surface area contributed by atoms with Gasteiger partial charge in [0.25, 0.3) is 0 Å². The van der Waals surface area contributed by atoms with E-state index in [1.165, 1.54) is 18.3 Å². The number of carboxylic acids is 1. The van der Waals surface area contributed by atoms with E-state index in [1.54, 1.807) is 0 Å². The number of carboxylic acid groups (broad SMARTS) is 1. The molecule has 2 N–H and O–H groups in total. The van der Waals surface area contributed by atoms with E-state index in [9.17, 15) is 9.18 Å². The molecule has 0 saturated heterocycles. The number of H-pyrrole nitrogens is 1. The fraction of sp³-hybridized carbons (Fsp3) is 0. The number of rotatable bonds is 2. The van der Waals surface area contributed by atoms with Crippen LogP contribution in [-0.2, 0) is 0 Å². The first-order valence-electron chi connectivity index (χ1n) is 4.31. The molecule has 0 fully saturated rings. The molecule has 0 amide bonds. The third kappa shape index (κ3) is 1.77. The molecule has 0 bridgehead atoms. The van der Waals surface area contributed by atoms with Gasteiger partial charge in [-0.15, -0.1) is 0 Å². The molecule has 1 aromatic carbocycles. The van der Waals surface area contributed by atoms with E-state index < -0.39 is 11.8 Å². The van der Waals surface area contributed by atoms with Gasteiger partial charge in [-0.2, -0.15) is 5.10 Å². The van der Waals surface area contributed by atoms with Crippen LogP contribution in [0.3, 0.4) is 0 Å². The van der Waals surface area contributed by atoms with E-state index in [0.717, 1.165) is 6.07 Å². The highest BCUT2D eigenvalue weighted by Gasteiger charge is 2.14. The van der Waals surface area contributed by atoms with E-state index in [0.29, 0.717) is 5.56 Å². The summed E-state index contributed by atoms with van der Waals surface area (Å²) >= 11 is 5.53. The maximum Gasteiger partial charge on any atom is 0.339 e. The minimum atomic E-state index is -1.13. The number of halogens is 2. The van der Waals surface area contributed by atoms with Crippen LogP contribution in [0.1, 0.15) is 10.4 Å². The summed E-state index contributed by atoms with van der Waals surface area (Å²) in [6.45, 7) is 0. The van der Waals surface area contributed by atoms with Gasteiger partial charge < -0.3 is 5.11 Å². The monoisotopic (exact) mass is 240 g/mol. The van der Waals surface area contributed by atoms with Gasteiger partial charge in [-0.05, 0) is 12.1 Å². The van der Waals surface area contributed by atoms with Crippen molar-refractivity contribution < 1.29 is 14.3 Å². The Morgan fingerprint density at radius 2 is 2.25 bits per heavy atom. The lowest BCUT2D eigenvalue weighted by Gasteiger charge is -2.01. The van der Waals surface area contributed by atoms with E-state index in [4.69, 9.17) is 16.7 Å². The highest BCUT2D eigenvalue weighted by Crippen LogP contribution is 2.25. The molecule has 0 saturated carbocycles. The van der Waals surface area contributed by atoms with E-state index in [-0.39, 0.29) is 16.3 Å². The smallest absolute Gasteiger partial charge is 0.339 e. The van der Waals surface area contributed by atoms with E-state index >= 15 is 0 Å². The molecule has 1 aromatic heterocycles. The maximum atomic E-state index is 13.2. The minimum Gasteiger partial charge on any atom is -0.478 e. The summed E-state index contributed by atoms with van der Waals surface area (Å²) in [6, 6.07) is 4.03. The Morgan fingerprint density at radius 1 is 1.50 bits per heavy atom. The van der Waals surface area contributed by atoms with Gasteiger partial charge in [-0.3, -0.25) is 5.10 Å². The zero-order chi connectivity index (χ0) is 11.7. The average Bonchev–Trinajstić information content (AvgIpc) is 2.71. The molecule has 0 radical (unpaired) electrons. The Bertz CT molecular complexity index is 554. The van der Waals surface area contributed by atoms with Crippen LogP contribution in [0.2, 0.25) is 5.02 Å². The molecule has 0 aliphatic heterocycles. The van der Waals surface area contributed by atoms with Crippen molar-refractivity contribution in [1.29, 1.82) is 0 Å². The van der Waals surface area contributed by atoms with Gasteiger partial charge in [0.15, 0.2) is 0 Å². The lowest BCUT2D eigenvalue weighted by Crippen LogP contribution is -1.96. The van der Waals surface area contributed by atoms with Gasteiger partial charge in [-0.1, -0.05) is 17.7 Å². The van der Waals surface area contributed by atoms with Crippen molar-refractivity contribution in [3.63, 3.8) is 0 Å². The number of carbonyl (C=O) groups is 1. The van der Waals surface area contributed by atoms with Crippen LogP contribution < -0.4 is 0 Å². The molecule has 2 rings (SSSR count). The normalized spacial score (nSPS) is 10.4. The molecule has 0 spiro atoms. The summed E-state index contributed by atoms with van der Waals surface area (Å²) < 4.78 is 13.2. The Hall–Kier alpha value is -1.88. The second-order valence-corrected chi connectivity index (χ2v) is 3.50. The van der Waals surface area contributed by atoms with Crippen molar-refractivity contribution in [3.05, 3.63) is 40.8 Å². The third-order valence-electron chi connectivity index (χ3n) is 2.08. The molecule has 1 heterocycles. The fourth-order valence-corrected chi connectivity index (χ4v) is 1.44. The molecule has 6 heteroatoms. The van der Waals surface area contributed by atoms with Crippen LogP contribution in [0.15, 0.2) is 24.4 Å². The molecule has 0 atom stereocenters. The maximum absolute atomic E-state index is 13.2. The van der Waals surface area contributed by atoms with Crippen molar-refractivity contribution in [2.75, 3.05) is 0 Å². The molecule has 0 unspecified atom stereocenters. The predicted molar refractivity (Wildman–Crippen MR) is 56.0 cm³/mol. The Kier molecular flexibility index (Phi) is 2.62. The Labute approximate surface area is 94.7 Å². The van der Waals surface area contributed by atoms with Crippen molar-refractivity contribution in [3.8, 4) is 11.3 Å².